The van der Waals surface area contributed by atoms with Crippen LogP contribution in [0.3, 0.4) is 0 Å². The lowest BCUT2D eigenvalue weighted by Gasteiger charge is -2.26. The summed E-state index contributed by atoms with van der Waals surface area (Å²) in [5, 5.41) is 22.1. The molecule has 3 N–H and O–H groups in total. The highest BCUT2D eigenvalue weighted by atomic mass is 16.5. The minimum Gasteiger partial charge on any atom is -0.497 e. The highest BCUT2D eigenvalue weighted by molar-refractivity contribution is 5.74. The summed E-state index contributed by atoms with van der Waals surface area (Å²) in [7, 11) is 1.55. The lowest BCUT2D eigenvalue weighted by atomic mass is 10.1. The van der Waals surface area contributed by atoms with Crippen LogP contribution in [0.5, 0.6) is 5.75 Å². The summed E-state index contributed by atoms with van der Waals surface area (Å²) in [6, 6.07) is 16.2. The molecule has 0 spiro atoms. The maximum absolute atomic E-state index is 12.6. The summed E-state index contributed by atoms with van der Waals surface area (Å²) in [4.78, 5) is 24.7. The Morgan fingerprint density at radius 1 is 1.14 bits per heavy atom. The predicted molar refractivity (Wildman–Crippen MR) is 105 cm³/mol. The van der Waals surface area contributed by atoms with E-state index < -0.39 is 12.1 Å². The van der Waals surface area contributed by atoms with Crippen LogP contribution >= 0.6 is 0 Å². The molecule has 0 aliphatic heterocycles. The van der Waals surface area contributed by atoms with Crippen molar-refractivity contribution in [2.75, 3.05) is 20.2 Å². The highest BCUT2D eigenvalue weighted by Gasteiger charge is 2.19. The number of carboxylic acid groups (broad SMARTS) is 1. The van der Waals surface area contributed by atoms with Gasteiger partial charge in [-0.15, -0.1) is 0 Å². The van der Waals surface area contributed by atoms with Gasteiger partial charge in [-0.1, -0.05) is 42.5 Å². The molecule has 0 radical (unpaired) electrons. The molecule has 0 aliphatic carbocycles. The van der Waals surface area contributed by atoms with Crippen molar-refractivity contribution in [2.24, 2.45) is 0 Å². The van der Waals surface area contributed by atoms with Gasteiger partial charge in [0.25, 0.3) is 0 Å². The molecule has 2 rings (SSSR count). The first-order chi connectivity index (χ1) is 13.5. The molecule has 7 heteroatoms. The third kappa shape index (κ3) is 6.92. The predicted octanol–water partition coefficient (Wildman–Crippen LogP) is 2.81. The van der Waals surface area contributed by atoms with Crippen LogP contribution in [0, 0.1) is 0 Å². The van der Waals surface area contributed by atoms with Crippen molar-refractivity contribution in [2.45, 2.75) is 25.5 Å². The summed E-state index contributed by atoms with van der Waals surface area (Å²) in [5.41, 5.74) is 1.58. The second-order valence-corrected chi connectivity index (χ2v) is 6.39. The average Bonchev–Trinajstić information content (AvgIpc) is 2.71. The number of aliphatic hydroxyl groups is 1. The van der Waals surface area contributed by atoms with Gasteiger partial charge in [-0.3, -0.25) is 4.79 Å². The summed E-state index contributed by atoms with van der Waals surface area (Å²) in [6.07, 6.45) is -0.548. The van der Waals surface area contributed by atoms with Crippen molar-refractivity contribution in [3.8, 4) is 5.75 Å². The van der Waals surface area contributed by atoms with E-state index in [9.17, 15) is 14.7 Å². The van der Waals surface area contributed by atoms with Crippen molar-refractivity contribution in [1.29, 1.82) is 0 Å². The number of carboxylic acids is 1. The summed E-state index contributed by atoms with van der Waals surface area (Å²) < 4.78 is 5.19. The molecule has 0 aromatic heterocycles. The van der Waals surface area contributed by atoms with E-state index in [1.807, 2.05) is 30.3 Å². The Morgan fingerprint density at radius 3 is 2.57 bits per heavy atom. The van der Waals surface area contributed by atoms with Gasteiger partial charge in [0, 0.05) is 19.5 Å². The quantitative estimate of drug-likeness (QED) is 0.545. The van der Waals surface area contributed by atoms with Crippen molar-refractivity contribution in [3.63, 3.8) is 0 Å². The van der Waals surface area contributed by atoms with E-state index >= 15 is 0 Å². The molecule has 0 saturated heterocycles. The van der Waals surface area contributed by atoms with E-state index in [-0.39, 0.29) is 25.5 Å². The van der Waals surface area contributed by atoms with Crippen molar-refractivity contribution >= 4 is 12.0 Å². The van der Waals surface area contributed by atoms with Gasteiger partial charge < -0.3 is 25.2 Å². The van der Waals surface area contributed by atoms with E-state index in [0.29, 0.717) is 24.3 Å². The molecule has 7 nitrogen and oxygen atoms in total. The minimum absolute atomic E-state index is 0.00853. The molecular weight excluding hydrogens is 360 g/mol. The summed E-state index contributed by atoms with van der Waals surface area (Å²) in [6.45, 7) is 0.672. The second kappa shape index (κ2) is 10.9. The summed E-state index contributed by atoms with van der Waals surface area (Å²) in [5.74, 6) is -0.270. The number of aliphatic hydroxyl groups excluding tert-OH is 1. The average molecular weight is 386 g/mol. The molecule has 150 valence electrons. The number of carbonyl (C=O) groups is 2. The number of hydrogen-bond donors (Lipinski definition) is 3. The van der Waals surface area contributed by atoms with Crippen LogP contribution in [-0.2, 0) is 11.3 Å². The number of nitrogens with one attached hydrogen (secondary N) is 1. The molecule has 0 bridgehead atoms. The molecule has 28 heavy (non-hydrogen) atoms. The first-order valence-corrected chi connectivity index (χ1v) is 9.10. The molecule has 0 saturated carbocycles. The van der Waals surface area contributed by atoms with Crippen molar-refractivity contribution in [1.82, 2.24) is 10.2 Å². The lowest BCUT2D eigenvalue weighted by Crippen LogP contribution is -2.42. The van der Waals surface area contributed by atoms with Gasteiger partial charge in [0.05, 0.1) is 19.8 Å². The van der Waals surface area contributed by atoms with Gasteiger partial charge in [-0.2, -0.15) is 0 Å². The van der Waals surface area contributed by atoms with Crippen LogP contribution in [-0.4, -0.2) is 47.3 Å². The zero-order valence-corrected chi connectivity index (χ0v) is 15.9. The normalized spacial score (nSPS) is 11.5. The molecule has 0 aliphatic rings. The van der Waals surface area contributed by atoms with E-state index in [1.165, 1.54) is 4.90 Å². The minimum atomic E-state index is -0.899. The van der Waals surface area contributed by atoms with Crippen LogP contribution in [0.25, 0.3) is 0 Å². The first-order valence-electron chi connectivity index (χ1n) is 9.10. The van der Waals surface area contributed by atoms with Crippen molar-refractivity contribution in [3.05, 3.63) is 65.7 Å². The fraction of sp³-hybridized carbons (Fsp3) is 0.333. The Morgan fingerprint density at radius 2 is 1.89 bits per heavy atom. The number of benzene rings is 2. The molecule has 0 heterocycles. The standard InChI is InChI=1S/C21H26N2O5/c1-28-18-10-5-9-17(13-18)19(24)15-23(14-16-7-3-2-4-8-16)21(27)22-12-6-11-20(25)26/h2-5,7-10,13,19,24H,6,11-12,14-15H2,1H3,(H,22,27)(H,25,26). The fourth-order valence-corrected chi connectivity index (χ4v) is 2.73. The Kier molecular flexibility index (Phi) is 8.30. The number of hydrogen-bond acceptors (Lipinski definition) is 4. The number of ether oxygens (including phenoxy) is 1. The monoisotopic (exact) mass is 386 g/mol. The summed E-state index contributed by atoms with van der Waals surface area (Å²) >= 11 is 0. The van der Waals surface area contributed by atoms with Gasteiger partial charge in [0.15, 0.2) is 0 Å². The van der Waals surface area contributed by atoms with Gasteiger partial charge >= 0.3 is 12.0 Å². The lowest BCUT2D eigenvalue weighted by molar-refractivity contribution is -0.137. The molecule has 0 fully saturated rings. The first kappa shape index (κ1) is 21.2. The molecule has 1 unspecified atom stereocenters. The van der Waals surface area contributed by atoms with E-state index in [4.69, 9.17) is 9.84 Å². The van der Waals surface area contributed by atoms with Crippen LogP contribution in [0.2, 0.25) is 0 Å². The van der Waals surface area contributed by atoms with E-state index in [1.54, 1.807) is 31.4 Å². The smallest absolute Gasteiger partial charge is 0.317 e. The molecule has 2 amide bonds. The third-order valence-electron chi connectivity index (χ3n) is 4.22. The van der Waals surface area contributed by atoms with Gasteiger partial charge in [-0.05, 0) is 29.7 Å². The molecule has 2 aromatic rings. The maximum Gasteiger partial charge on any atom is 0.317 e. The number of aliphatic carboxylic acids is 1. The van der Waals surface area contributed by atoms with E-state index in [0.717, 1.165) is 5.56 Å². The number of urea groups is 1. The molecular formula is C21H26N2O5. The Hall–Kier alpha value is -3.06. The van der Waals surface area contributed by atoms with Crippen LogP contribution in [0.1, 0.15) is 30.1 Å². The van der Waals surface area contributed by atoms with Gasteiger partial charge in [0.2, 0.25) is 0 Å². The zero-order chi connectivity index (χ0) is 20.4. The third-order valence-corrected chi connectivity index (χ3v) is 4.22. The van der Waals surface area contributed by atoms with Gasteiger partial charge in [-0.25, -0.2) is 4.79 Å². The van der Waals surface area contributed by atoms with Crippen molar-refractivity contribution < 1.29 is 24.5 Å². The maximum atomic E-state index is 12.6. The fourth-order valence-electron chi connectivity index (χ4n) is 2.73. The van der Waals surface area contributed by atoms with Crippen LogP contribution in [0.4, 0.5) is 4.79 Å². The number of rotatable bonds is 10. The SMILES string of the molecule is COc1cccc(C(O)CN(Cc2ccccc2)C(=O)NCCCC(=O)O)c1. The van der Waals surface area contributed by atoms with Crippen LogP contribution in [0.15, 0.2) is 54.6 Å². The number of nitrogens with zero attached hydrogens (tertiary/aromatic N) is 1. The number of methoxy groups -OCH3 is 1. The van der Waals surface area contributed by atoms with Crippen LogP contribution < -0.4 is 10.1 Å². The topological polar surface area (TPSA) is 99.1 Å². The van der Waals surface area contributed by atoms with E-state index in [2.05, 4.69) is 5.32 Å². The largest absolute Gasteiger partial charge is 0.497 e. The Labute approximate surface area is 164 Å². The molecule has 2 aromatic carbocycles. The highest BCUT2D eigenvalue weighted by Crippen LogP contribution is 2.20. The Balaban J connectivity index is 2.06. The Bertz CT molecular complexity index is 766. The molecule has 1 atom stereocenters. The second-order valence-electron chi connectivity index (χ2n) is 6.39. The number of carbonyl (C=O) groups excluding carboxylic acids is 1. The van der Waals surface area contributed by atoms with Gasteiger partial charge in [0.1, 0.15) is 5.75 Å². The zero-order valence-electron chi connectivity index (χ0n) is 15.9. The number of amides is 2.